The van der Waals surface area contributed by atoms with Gasteiger partial charge in [-0.1, -0.05) is 0 Å². The van der Waals surface area contributed by atoms with Crippen molar-refractivity contribution < 1.29 is 9.53 Å². The molecular formula is C9H10INO2. The molecule has 0 saturated carbocycles. The predicted octanol–water partition coefficient (Wildman–Crippen LogP) is 1.79. The standard InChI is InChI=1S/C9H10INO2/c1-2-13-9(12)6-8-7(10)4-3-5-11-8/h3-5H,2,6H2,1H3. The Morgan fingerprint density at radius 1 is 1.69 bits per heavy atom. The first-order valence-corrected chi connectivity index (χ1v) is 5.07. The van der Waals surface area contributed by atoms with Crippen LogP contribution in [0.3, 0.4) is 0 Å². The Bertz CT molecular complexity index is 301. The highest BCUT2D eigenvalue weighted by Crippen LogP contribution is 2.09. The molecule has 1 rings (SSSR count). The molecule has 0 amide bonds. The van der Waals surface area contributed by atoms with Crippen LogP contribution in [0, 0.1) is 3.57 Å². The van der Waals surface area contributed by atoms with Gasteiger partial charge in [0.05, 0.1) is 18.7 Å². The zero-order chi connectivity index (χ0) is 9.68. The molecule has 0 bridgehead atoms. The average Bonchev–Trinajstić information content (AvgIpc) is 2.09. The first-order valence-electron chi connectivity index (χ1n) is 3.99. The van der Waals surface area contributed by atoms with E-state index in [4.69, 9.17) is 4.74 Å². The topological polar surface area (TPSA) is 39.2 Å². The summed E-state index contributed by atoms with van der Waals surface area (Å²) in [5.74, 6) is -0.223. The van der Waals surface area contributed by atoms with Crippen LogP contribution in [-0.4, -0.2) is 17.6 Å². The summed E-state index contributed by atoms with van der Waals surface area (Å²) in [5.41, 5.74) is 0.779. The molecule has 0 unspecified atom stereocenters. The zero-order valence-electron chi connectivity index (χ0n) is 7.29. The molecule has 13 heavy (non-hydrogen) atoms. The number of pyridine rings is 1. The van der Waals surface area contributed by atoms with E-state index in [2.05, 4.69) is 27.6 Å². The largest absolute Gasteiger partial charge is 0.466 e. The molecule has 0 aliphatic carbocycles. The third-order valence-electron chi connectivity index (χ3n) is 1.45. The van der Waals surface area contributed by atoms with Gasteiger partial charge in [0.1, 0.15) is 0 Å². The van der Waals surface area contributed by atoms with E-state index in [0.717, 1.165) is 9.26 Å². The summed E-state index contributed by atoms with van der Waals surface area (Å²) in [4.78, 5) is 15.2. The van der Waals surface area contributed by atoms with Gasteiger partial charge in [0.25, 0.3) is 0 Å². The number of hydrogen-bond donors (Lipinski definition) is 0. The highest BCUT2D eigenvalue weighted by atomic mass is 127. The van der Waals surface area contributed by atoms with Gasteiger partial charge in [-0.3, -0.25) is 9.78 Å². The van der Waals surface area contributed by atoms with Crippen molar-refractivity contribution in [3.05, 3.63) is 27.6 Å². The van der Waals surface area contributed by atoms with Crippen molar-refractivity contribution in [2.45, 2.75) is 13.3 Å². The number of ether oxygens (including phenoxy) is 1. The van der Waals surface area contributed by atoms with E-state index in [1.807, 2.05) is 12.1 Å². The molecule has 0 spiro atoms. The molecule has 70 valence electrons. The van der Waals surface area contributed by atoms with Gasteiger partial charge in [0.2, 0.25) is 0 Å². The molecule has 3 nitrogen and oxygen atoms in total. The maximum Gasteiger partial charge on any atom is 0.311 e. The van der Waals surface area contributed by atoms with Crippen molar-refractivity contribution in [1.29, 1.82) is 0 Å². The van der Waals surface area contributed by atoms with Gasteiger partial charge in [-0.2, -0.15) is 0 Å². The van der Waals surface area contributed by atoms with Crippen molar-refractivity contribution >= 4 is 28.6 Å². The summed E-state index contributed by atoms with van der Waals surface area (Å²) in [5, 5.41) is 0. The van der Waals surface area contributed by atoms with Gasteiger partial charge < -0.3 is 4.74 Å². The van der Waals surface area contributed by atoms with Gasteiger partial charge in [0.15, 0.2) is 0 Å². The zero-order valence-corrected chi connectivity index (χ0v) is 9.45. The van der Waals surface area contributed by atoms with Crippen LogP contribution in [0.1, 0.15) is 12.6 Å². The third kappa shape index (κ3) is 3.30. The van der Waals surface area contributed by atoms with Gasteiger partial charge in [-0.15, -0.1) is 0 Å². The smallest absolute Gasteiger partial charge is 0.311 e. The Hall–Kier alpha value is -0.650. The van der Waals surface area contributed by atoms with Crippen molar-refractivity contribution in [2.24, 2.45) is 0 Å². The highest BCUT2D eigenvalue weighted by Gasteiger charge is 2.07. The molecule has 4 heteroatoms. The molecule has 0 aliphatic heterocycles. The minimum Gasteiger partial charge on any atom is -0.466 e. The Labute approximate surface area is 90.6 Å². The number of nitrogens with zero attached hydrogens (tertiary/aromatic N) is 1. The van der Waals surface area contributed by atoms with Gasteiger partial charge in [-0.25, -0.2) is 0 Å². The second-order valence-corrected chi connectivity index (χ2v) is 3.58. The molecule has 0 fully saturated rings. The third-order valence-corrected chi connectivity index (χ3v) is 2.43. The predicted molar refractivity (Wildman–Crippen MR) is 57.3 cm³/mol. The number of rotatable bonds is 3. The van der Waals surface area contributed by atoms with Crippen LogP contribution in [-0.2, 0) is 16.0 Å². The summed E-state index contributed by atoms with van der Waals surface area (Å²) in [6, 6.07) is 3.76. The molecule has 0 saturated heterocycles. The molecule has 0 N–H and O–H groups in total. The molecule has 1 aromatic heterocycles. The van der Waals surface area contributed by atoms with E-state index in [1.165, 1.54) is 0 Å². The fourth-order valence-corrected chi connectivity index (χ4v) is 1.43. The van der Waals surface area contributed by atoms with Gasteiger partial charge >= 0.3 is 5.97 Å². The second-order valence-electron chi connectivity index (χ2n) is 2.41. The lowest BCUT2D eigenvalue weighted by Gasteiger charge is -2.02. The molecule has 1 aromatic rings. The quantitative estimate of drug-likeness (QED) is 0.629. The number of carbonyl (C=O) groups excluding carboxylic acids is 1. The number of hydrogen-bond acceptors (Lipinski definition) is 3. The Balaban J connectivity index is 2.63. The van der Waals surface area contributed by atoms with E-state index in [0.29, 0.717) is 6.61 Å². The minimum atomic E-state index is -0.223. The van der Waals surface area contributed by atoms with E-state index in [1.54, 1.807) is 13.1 Å². The van der Waals surface area contributed by atoms with Gasteiger partial charge in [-0.05, 0) is 41.6 Å². The van der Waals surface area contributed by atoms with Crippen LogP contribution >= 0.6 is 22.6 Å². The van der Waals surface area contributed by atoms with Crippen LogP contribution in [0.4, 0.5) is 0 Å². The van der Waals surface area contributed by atoms with Crippen LogP contribution in [0.15, 0.2) is 18.3 Å². The number of esters is 1. The number of carbonyl (C=O) groups is 1. The summed E-state index contributed by atoms with van der Waals surface area (Å²) in [7, 11) is 0. The molecule has 0 aliphatic rings. The molecule has 0 radical (unpaired) electrons. The minimum absolute atomic E-state index is 0.223. The van der Waals surface area contributed by atoms with Crippen molar-refractivity contribution in [1.82, 2.24) is 4.98 Å². The van der Waals surface area contributed by atoms with E-state index in [9.17, 15) is 4.79 Å². The fraction of sp³-hybridized carbons (Fsp3) is 0.333. The lowest BCUT2D eigenvalue weighted by Crippen LogP contribution is -2.09. The maximum absolute atomic E-state index is 11.1. The first-order chi connectivity index (χ1) is 6.24. The van der Waals surface area contributed by atoms with Crippen molar-refractivity contribution in [2.75, 3.05) is 6.61 Å². The molecular weight excluding hydrogens is 281 g/mol. The molecule has 0 aromatic carbocycles. The second kappa shape index (κ2) is 5.16. The Morgan fingerprint density at radius 2 is 2.46 bits per heavy atom. The summed E-state index contributed by atoms with van der Waals surface area (Å²) < 4.78 is 5.81. The van der Waals surface area contributed by atoms with E-state index in [-0.39, 0.29) is 12.4 Å². The van der Waals surface area contributed by atoms with E-state index >= 15 is 0 Å². The molecule has 1 heterocycles. The summed E-state index contributed by atoms with van der Waals surface area (Å²) >= 11 is 2.15. The number of aromatic nitrogens is 1. The number of halogens is 1. The first kappa shape index (κ1) is 10.4. The normalized spacial score (nSPS) is 9.69. The summed E-state index contributed by atoms with van der Waals surface area (Å²) in [6.45, 7) is 2.21. The van der Waals surface area contributed by atoms with Crippen molar-refractivity contribution in [3.63, 3.8) is 0 Å². The SMILES string of the molecule is CCOC(=O)Cc1ncccc1I. The Kier molecular flexibility index (Phi) is 4.14. The lowest BCUT2D eigenvalue weighted by molar-refractivity contribution is -0.142. The molecule has 0 atom stereocenters. The van der Waals surface area contributed by atoms with Gasteiger partial charge in [0, 0.05) is 9.77 Å². The lowest BCUT2D eigenvalue weighted by atomic mass is 10.3. The van der Waals surface area contributed by atoms with Crippen molar-refractivity contribution in [3.8, 4) is 0 Å². The highest BCUT2D eigenvalue weighted by molar-refractivity contribution is 14.1. The van der Waals surface area contributed by atoms with Crippen LogP contribution in [0.2, 0.25) is 0 Å². The van der Waals surface area contributed by atoms with E-state index < -0.39 is 0 Å². The van der Waals surface area contributed by atoms with Crippen LogP contribution < -0.4 is 0 Å². The maximum atomic E-state index is 11.1. The summed E-state index contributed by atoms with van der Waals surface area (Å²) in [6.07, 6.45) is 1.93. The average molecular weight is 291 g/mol. The Morgan fingerprint density at radius 3 is 3.08 bits per heavy atom. The monoisotopic (exact) mass is 291 g/mol. The van der Waals surface area contributed by atoms with Crippen LogP contribution in [0.5, 0.6) is 0 Å². The van der Waals surface area contributed by atoms with Crippen LogP contribution in [0.25, 0.3) is 0 Å². The fourth-order valence-electron chi connectivity index (χ4n) is 0.897.